The molecule has 0 radical (unpaired) electrons. The summed E-state index contributed by atoms with van der Waals surface area (Å²) in [4.78, 5) is 0. The molecule has 0 nitrogen and oxygen atoms in total. The maximum absolute atomic E-state index is 3.88. The standard InChI is InChI=1S/C15H18/c1-5-14(12(3)4)15(6-2)13-10-8-7-9-11-13/h5-12H,1-2H2,3-4H3/b15-14-. The summed E-state index contributed by atoms with van der Waals surface area (Å²) in [6.07, 6.45) is 3.83. The van der Waals surface area contributed by atoms with Crippen molar-refractivity contribution < 1.29 is 0 Å². The third kappa shape index (κ3) is 2.69. The average Bonchev–Trinajstić information content (AvgIpc) is 2.26. The molecule has 0 heterocycles. The van der Waals surface area contributed by atoms with Crippen molar-refractivity contribution in [2.45, 2.75) is 13.8 Å². The molecule has 0 bridgehead atoms. The van der Waals surface area contributed by atoms with Gasteiger partial charge in [0.05, 0.1) is 0 Å². The minimum absolute atomic E-state index is 0.468. The maximum atomic E-state index is 3.88. The van der Waals surface area contributed by atoms with Gasteiger partial charge in [0.2, 0.25) is 0 Å². The summed E-state index contributed by atoms with van der Waals surface area (Å²) < 4.78 is 0. The summed E-state index contributed by atoms with van der Waals surface area (Å²) in [5.41, 5.74) is 3.63. The van der Waals surface area contributed by atoms with Crippen LogP contribution in [-0.4, -0.2) is 0 Å². The van der Waals surface area contributed by atoms with Gasteiger partial charge in [-0.25, -0.2) is 0 Å². The average molecular weight is 198 g/mol. The second-order valence-corrected chi connectivity index (χ2v) is 3.80. The van der Waals surface area contributed by atoms with Crippen LogP contribution in [0, 0.1) is 5.92 Å². The lowest BCUT2D eigenvalue weighted by atomic mass is 9.93. The van der Waals surface area contributed by atoms with Crippen molar-refractivity contribution in [3.8, 4) is 0 Å². The molecule has 0 unspecified atom stereocenters. The molecule has 1 aromatic carbocycles. The quantitative estimate of drug-likeness (QED) is 0.626. The normalized spacial score (nSPS) is 12.2. The minimum atomic E-state index is 0.468. The highest BCUT2D eigenvalue weighted by atomic mass is 14.1. The van der Waals surface area contributed by atoms with Gasteiger partial charge in [-0.05, 0) is 22.6 Å². The molecule has 0 heteroatoms. The molecule has 1 aromatic rings. The molecule has 1 rings (SSSR count). The third-order valence-electron chi connectivity index (χ3n) is 2.44. The van der Waals surface area contributed by atoms with E-state index in [4.69, 9.17) is 0 Å². The first-order chi connectivity index (χ1) is 7.20. The van der Waals surface area contributed by atoms with E-state index in [1.165, 1.54) is 16.7 Å². The van der Waals surface area contributed by atoms with Crippen molar-refractivity contribution in [1.82, 2.24) is 0 Å². The lowest BCUT2D eigenvalue weighted by molar-refractivity contribution is 0.795. The van der Waals surface area contributed by atoms with E-state index in [2.05, 4.69) is 39.1 Å². The monoisotopic (exact) mass is 198 g/mol. The molecule has 0 aliphatic heterocycles. The Balaban J connectivity index is 3.29. The van der Waals surface area contributed by atoms with Crippen LogP contribution in [0.3, 0.4) is 0 Å². The van der Waals surface area contributed by atoms with Crippen molar-refractivity contribution in [3.63, 3.8) is 0 Å². The molecule has 0 atom stereocenters. The van der Waals surface area contributed by atoms with E-state index >= 15 is 0 Å². The molecule has 0 aliphatic carbocycles. The van der Waals surface area contributed by atoms with E-state index in [1.807, 2.05) is 30.4 Å². The maximum Gasteiger partial charge on any atom is -0.0155 e. The van der Waals surface area contributed by atoms with Crippen LogP contribution in [0.25, 0.3) is 5.57 Å². The Kier molecular flexibility index (Phi) is 4.11. The number of benzene rings is 1. The van der Waals surface area contributed by atoms with Crippen LogP contribution in [-0.2, 0) is 0 Å². The van der Waals surface area contributed by atoms with Gasteiger partial charge in [-0.15, -0.1) is 0 Å². The largest absolute Gasteiger partial charge is 0.0988 e. The van der Waals surface area contributed by atoms with Crippen LogP contribution in [0.1, 0.15) is 19.4 Å². The van der Waals surface area contributed by atoms with Crippen molar-refractivity contribution in [2.24, 2.45) is 5.92 Å². The number of rotatable bonds is 4. The fourth-order valence-corrected chi connectivity index (χ4v) is 1.68. The molecule has 0 saturated carbocycles. The lowest BCUT2D eigenvalue weighted by Gasteiger charge is -2.12. The van der Waals surface area contributed by atoms with Gasteiger partial charge in [0, 0.05) is 0 Å². The molecular formula is C15H18. The molecule has 0 amide bonds. The third-order valence-corrected chi connectivity index (χ3v) is 2.44. The van der Waals surface area contributed by atoms with Gasteiger partial charge in [0.15, 0.2) is 0 Å². The minimum Gasteiger partial charge on any atom is -0.0988 e. The van der Waals surface area contributed by atoms with E-state index in [0.29, 0.717) is 5.92 Å². The van der Waals surface area contributed by atoms with Gasteiger partial charge in [-0.2, -0.15) is 0 Å². The Morgan fingerprint density at radius 1 is 1.07 bits per heavy atom. The predicted octanol–water partition coefficient (Wildman–Crippen LogP) is 4.47. The number of allylic oxidation sites excluding steroid dienone is 4. The fraction of sp³-hybridized carbons (Fsp3) is 0.200. The highest BCUT2D eigenvalue weighted by Gasteiger charge is 2.06. The van der Waals surface area contributed by atoms with Crippen molar-refractivity contribution in [1.29, 1.82) is 0 Å². The molecule has 0 aromatic heterocycles. The molecule has 0 fully saturated rings. The zero-order chi connectivity index (χ0) is 11.3. The van der Waals surface area contributed by atoms with E-state index < -0.39 is 0 Å². The molecule has 0 saturated heterocycles. The fourth-order valence-electron chi connectivity index (χ4n) is 1.68. The van der Waals surface area contributed by atoms with Gasteiger partial charge in [0.1, 0.15) is 0 Å². The number of hydrogen-bond donors (Lipinski definition) is 0. The van der Waals surface area contributed by atoms with Crippen molar-refractivity contribution >= 4 is 5.57 Å². The summed E-state index contributed by atoms with van der Waals surface area (Å²) >= 11 is 0. The first-order valence-corrected chi connectivity index (χ1v) is 5.25. The molecule has 0 spiro atoms. The van der Waals surface area contributed by atoms with E-state index in [1.54, 1.807) is 0 Å². The van der Waals surface area contributed by atoms with Crippen LogP contribution in [0.15, 0.2) is 61.2 Å². The van der Waals surface area contributed by atoms with Gasteiger partial charge >= 0.3 is 0 Å². The Morgan fingerprint density at radius 3 is 2.07 bits per heavy atom. The van der Waals surface area contributed by atoms with Crippen molar-refractivity contribution in [3.05, 3.63) is 66.8 Å². The molecule has 15 heavy (non-hydrogen) atoms. The lowest BCUT2D eigenvalue weighted by Crippen LogP contribution is -1.95. The van der Waals surface area contributed by atoms with Crippen LogP contribution >= 0.6 is 0 Å². The second kappa shape index (κ2) is 5.35. The molecular weight excluding hydrogens is 180 g/mol. The SMILES string of the molecule is C=C/C(=C(\C=C)C(C)C)c1ccccc1. The smallest absolute Gasteiger partial charge is 0.0155 e. The number of hydrogen-bond acceptors (Lipinski definition) is 0. The van der Waals surface area contributed by atoms with Gasteiger partial charge in [-0.1, -0.05) is 69.5 Å². The molecule has 78 valence electrons. The van der Waals surface area contributed by atoms with Crippen molar-refractivity contribution in [2.75, 3.05) is 0 Å². The van der Waals surface area contributed by atoms with Crippen LogP contribution < -0.4 is 0 Å². The Labute approximate surface area is 92.6 Å². The summed E-state index contributed by atoms with van der Waals surface area (Å²) in [5.74, 6) is 0.468. The zero-order valence-corrected chi connectivity index (χ0v) is 9.53. The van der Waals surface area contributed by atoms with Gasteiger partial charge in [-0.3, -0.25) is 0 Å². The first kappa shape index (κ1) is 11.5. The predicted molar refractivity (Wildman–Crippen MR) is 68.6 cm³/mol. The van der Waals surface area contributed by atoms with Gasteiger partial charge < -0.3 is 0 Å². The zero-order valence-electron chi connectivity index (χ0n) is 9.53. The second-order valence-electron chi connectivity index (χ2n) is 3.80. The van der Waals surface area contributed by atoms with E-state index in [9.17, 15) is 0 Å². The Bertz CT molecular complexity index is 366. The summed E-state index contributed by atoms with van der Waals surface area (Å²) in [6.45, 7) is 12.1. The molecule has 0 N–H and O–H groups in total. The topological polar surface area (TPSA) is 0 Å². The van der Waals surface area contributed by atoms with Gasteiger partial charge in [0.25, 0.3) is 0 Å². The van der Waals surface area contributed by atoms with E-state index in [-0.39, 0.29) is 0 Å². The summed E-state index contributed by atoms with van der Waals surface area (Å²) in [5, 5.41) is 0. The van der Waals surface area contributed by atoms with Crippen LogP contribution in [0.2, 0.25) is 0 Å². The summed E-state index contributed by atoms with van der Waals surface area (Å²) in [7, 11) is 0. The van der Waals surface area contributed by atoms with Crippen LogP contribution in [0.5, 0.6) is 0 Å². The first-order valence-electron chi connectivity index (χ1n) is 5.25. The van der Waals surface area contributed by atoms with Crippen LogP contribution in [0.4, 0.5) is 0 Å². The highest BCUT2D eigenvalue weighted by Crippen LogP contribution is 2.25. The molecule has 0 aliphatic rings. The summed E-state index contributed by atoms with van der Waals surface area (Å²) in [6, 6.07) is 10.3. The Hall–Kier alpha value is -1.56. The highest BCUT2D eigenvalue weighted by molar-refractivity contribution is 5.78. The van der Waals surface area contributed by atoms with E-state index in [0.717, 1.165) is 0 Å². The Morgan fingerprint density at radius 2 is 1.67 bits per heavy atom.